The first-order chi connectivity index (χ1) is 10.0. The number of benzene rings is 1. The van der Waals surface area contributed by atoms with Gasteiger partial charge in [0.05, 0.1) is 6.61 Å². The van der Waals surface area contributed by atoms with E-state index in [1.165, 1.54) is 5.56 Å². The van der Waals surface area contributed by atoms with Crippen LogP contribution in [0, 0.1) is 11.8 Å². The first-order valence-electron chi connectivity index (χ1n) is 7.05. The third-order valence-electron chi connectivity index (χ3n) is 3.30. The second kappa shape index (κ2) is 6.56. The third kappa shape index (κ3) is 4.18. The molecule has 21 heavy (non-hydrogen) atoms. The highest BCUT2D eigenvalue weighted by atomic mass is 16.5. The summed E-state index contributed by atoms with van der Waals surface area (Å²) in [6.07, 6.45) is 3.56. The van der Waals surface area contributed by atoms with Crippen molar-refractivity contribution >= 4 is 0 Å². The number of nitrogens with zero attached hydrogens (tertiary/aromatic N) is 1. The molecule has 0 amide bonds. The van der Waals surface area contributed by atoms with Crippen molar-refractivity contribution in [2.75, 3.05) is 7.11 Å². The zero-order valence-electron chi connectivity index (χ0n) is 13.1. The van der Waals surface area contributed by atoms with Gasteiger partial charge in [0.2, 0.25) is 0 Å². The van der Waals surface area contributed by atoms with Gasteiger partial charge < -0.3 is 4.74 Å². The SMILES string of the molecule is COCc1cnccc1C#Cc1ccc(C(C)(C)C)cc1. The van der Waals surface area contributed by atoms with Crippen LogP contribution in [0.15, 0.2) is 42.7 Å². The van der Waals surface area contributed by atoms with Crippen molar-refractivity contribution in [3.63, 3.8) is 0 Å². The van der Waals surface area contributed by atoms with E-state index in [4.69, 9.17) is 4.74 Å². The molecule has 0 spiro atoms. The topological polar surface area (TPSA) is 22.1 Å². The maximum Gasteiger partial charge on any atom is 0.0740 e. The molecule has 0 atom stereocenters. The van der Waals surface area contributed by atoms with Gasteiger partial charge in [0.1, 0.15) is 0 Å². The third-order valence-corrected chi connectivity index (χ3v) is 3.30. The molecule has 0 unspecified atom stereocenters. The molecule has 2 heteroatoms. The molecule has 2 aromatic rings. The number of rotatable bonds is 2. The highest BCUT2D eigenvalue weighted by molar-refractivity contribution is 5.46. The van der Waals surface area contributed by atoms with Crippen LogP contribution in [0.5, 0.6) is 0 Å². The van der Waals surface area contributed by atoms with Gasteiger partial charge in [0, 0.05) is 36.2 Å². The standard InChI is InChI=1S/C19H21NO/c1-19(2,3)18-9-6-15(7-10-18)5-8-16-11-12-20-13-17(16)14-21-4/h6-7,9-13H,14H2,1-4H3. The summed E-state index contributed by atoms with van der Waals surface area (Å²) < 4.78 is 5.17. The van der Waals surface area contributed by atoms with Crippen molar-refractivity contribution in [1.29, 1.82) is 0 Å². The van der Waals surface area contributed by atoms with Crippen LogP contribution in [0.4, 0.5) is 0 Å². The fourth-order valence-electron chi connectivity index (χ4n) is 2.01. The molecular formula is C19H21NO. The van der Waals surface area contributed by atoms with E-state index in [2.05, 4.69) is 61.9 Å². The van der Waals surface area contributed by atoms with Gasteiger partial charge in [-0.15, -0.1) is 0 Å². The Labute approximate surface area is 127 Å². The van der Waals surface area contributed by atoms with E-state index in [0.717, 1.165) is 16.7 Å². The molecule has 108 valence electrons. The Morgan fingerprint density at radius 1 is 1.05 bits per heavy atom. The van der Waals surface area contributed by atoms with Gasteiger partial charge in [-0.3, -0.25) is 4.98 Å². The Morgan fingerprint density at radius 2 is 1.76 bits per heavy atom. The average Bonchev–Trinajstić information content (AvgIpc) is 2.46. The van der Waals surface area contributed by atoms with E-state index in [0.29, 0.717) is 6.61 Å². The lowest BCUT2D eigenvalue weighted by Crippen LogP contribution is -2.10. The van der Waals surface area contributed by atoms with Crippen LogP contribution in [-0.4, -0.2) is 12.1 Å². The van der Waals surface area contributed by atoms with E-state index in [1.807, 2.05) is 6.07 Å². The van der Waals surface area contributed by atoms with Crippen molar-refractivity contribution < 1.29 is 4.74 Å². The lowest BCUT2D eigenvalue weighted by molar-refractivity contribution is 0.184. The molecule has 0 fully saturated rings. The summed E-state index contributed by atoms with van der Waals surface area (Å²) in [7, 11) is 1.68. The second-order valence-corrected chi connectivity index (χ2v) is 6.04. The van der Waals surface area contributed by atoms with E-state index in [-0.39, 0.29) is 5.41 Å². The predicted molar refractivity (Wildman–Crippen MR) is 86.1 cm³/mol. The highest BCUT2D eigenvalue weighted by Crippen LogP contribution is 2.21. The molecule has 0 radical (unpaired) electrons. The Morgan fingerprint density at radius 3 is 2.38 bits per heavy atom. The maximum absolute atomic E-state index is 5.17. The van der Waals surface area contributed by atoms with Crippen LogP contribution >= 0.6 is 0 Å². The molecule has 0 bridgehead atoms. The van der Waals surface area contributed by atoms with Gasteiger partial charge in [0.25, 0.3) is 0 Å². The van der Waals surface area contributed by atoms with Gasteiger partial charge in [-0.2, -0.15) is 0 Å². The molecule has 2 nitrogen and oxygen atoms in total. The van der Waals surface area contributed by atoms with Crippen LogP contribution in [0.1, 0.15) is 43.0 Å². The largest absolute Gasteiger partial charge is 0.380 e. The van der Waals surface area contributed by atoms with Crippen LogP contribution in [-0.2, 0) is 16.8 Å². The van der Waals surface area contributed by atoms with Crippen molar-refractivity contribution in [2.24, 2.45) is 0 Å². The Bertz CT molecular complexity index is 654. The number of methoxy groups -OCH3 is 1. The quantitative estimate of drug-likeness (QED) is 0.777. The normalized spacial score (nSPS) is 10.9. The summed E-state index contributed by atoms with van der Waals surface area (Å²) in [6, 6.07) is 10.4. The Balaban J connectivity index is 2.23. The molecule has 1 heterocycles. The molecule has 0 saturated carbocycles. The maximum atomic E-state index is 5.17. The summed E-state index contributed by atoms with van der Waals surface area (Å²) in [6.45, 7) is 7.16. The average molecular weight is 279 g/mol. The van der Waals surface area contributed by atoms with Crippen LogP contribution in [0.25, 0.3) is 0 Å². The monoisotopic (exact) mass is 279 g/mol. The molecule has 0 aliphatic heterocycles. The predicted octanol–water partition coefficient (Wildman–Crippen LogP) is 3.93. The zero-order chi connectivity index (χ0) is 15.3. The number of ether oxygens (including phenoxy) is 1. The number of pyridine rings is 1. The molecule has 0 aliphatic rings. The number of hydrogen-bond acceptors (Lipinski definition) is 2. The van der Waals surface area contributed by atoms with Crippen molar-refractivity contribution in [3.8, 4) is 11.8 Å². The van der Waals surface area contributed by atoms with Crippen molar-refractivity contribution in [2.45, 2.75) is 32.8 Å². The molecular weight excluding hydrogens is 258 g/mol. The van der Waals surface area contributed by atoms with Crippen LogP contribution in [0.2, 0.25) is 0 Å². The fourth-order valence-corrected chi connectivity index (χ4v) is 2.01. The first-order valence-corrected chi connectivity index (χ1v) is 7.05. The van der Waals surface area contributed by atoms with E-state index >= 15 is 0 Å². The Hall–Kier alpha value is -2.11. The van der Waals surface area contributed by atoms with Gasteiger partial charge in [-0.25, -0.2) is 0 Å². The van der Waals surface area contributed by atoms with E-state index in [9.17, 15) is 0 Å². The van der Waals surface area contributed by atoms with Gasteiger partial charge in [-0.1, -0.05) is 44.7 Å². The first kappa shape index (κ1) is 15.3. The highest BCUT2D eigenvalue weighted by Gasteiger charge is 2.12. The molecule has 2 rings (SSSR count). The van der Waals surface area contributed by atoms with Gasteiger partial charge in [0.15, 0.2) is 0 Å². The molecule has 0 aliphatic carbocycles. The minimum Gasteiger partial charge on any atom is -0.380 e. The van der Waals surface area contributed by atoms with Gasteiger partial charge in [-0.05, 0) is 29.2 Å². The van der Waals surface area contributed by atoms with Crippen molar-refractivity contribution in [3.05, 3.63) is 65.0 Å². The van der Waals surface area contributed by atoms with Gasteiger partial charge >= 0.3 is 0 Å². The summed E-state index contributed by atoms with van der Waals surface area (Å²) in [5.41, 5.74) is 4.48. The minimum atomic E-state index is 0.169. The Kier molecular flexibility index (Phi) is 4.77. The molecule has 0 N–H and O–H groups in total. The summed E-state index contributed by atoms with van der Waals surface area (Å²) >= 11 is 0. The molecule has 1 aromatic heterocycles. The lowest BCUT2D eigenvalue weighted by atomic mass is 9.87. The minimum absolute atomic E-state index is 0.169. The summed E-state index contributed by atoms with van der Waals surface area (Å²) in [5.74, 6) is 6.41. The smallest absolute Gasteiger partial charge is 0.0740 e. The fraction of sp³-hybridized carbons (Fsp3) is 0.316. The second-order valence-electron chi connectivity index (χ2n) is 6.04. The van der Waals surface area contributed by atoms with E-state index in [1.54, 1.807) is 19.5 Å². The molecule has 1 aromatic carbocycles. The summed E-state index contributed by atoms with van der Waals surface area (Å²) in [5, 5.41) is 0. The number of aromatic nitrogens is 1. The van der Waals surface area contributed by atoms with Crippen molar-refractivity contribution in [1.82, 2.24) is 4.98 Å². The van der Waals surface area contributed by atoms with Crippen LogP contribution < -0.4 is 0 Å². The number of hydrogen-bond donors (Lipinski definition) is 0. The van der Waals surface area contributed by atoms with Crippen LogP contribution in [0.3, 0.4) is 0 Å². The van der Waals surface area contributed by atoms with E-state index < -0.39 is 0 Å². The lowest BCUT2D eigenvalue weighted by Gasteiger charge is -2.18. The summed E-state index contributed by atoms with van der Waals surface area (Å²) in [4.78, 5) is 4.11. The zero-order valence-corrected chi connectivity index (χ0v) is 13.1. The molecule has 0 saturated heterocycles.